The van der Waals surface area contributed by atoms with Gasteiger partial charge in [-0.2, -0.15) is 4.98 Å². The normalized spacial score (nSPS) is 13.1. The van der Waals surface area contributed by atoms with E-state index in [-0.39, 0.29) is 33.7 Å². The number of benzene rings is 4. The summed E-state index contributed by atoms with van der Waals surface area (Å²) in [5, 5.41) is 15.4. The lowest BCUT2D eigenvalue weighted by atomic mass is 9.91. The molecule has 0 amide bonds. The molecule has 75 heavy (non-hydrogen) atoms. The SMILES string of the molecule is CCC(Nc1ccccc1S(=O)(=O)C(C)C)/C(C)=C\N=C(N)Nc1cc(CCN)c(C[C@H](C)Cc2cnc(Nc3cc(CCNc4ncccn4)ccc3OC)nc2Nc2ccccc2S(=O)(=O)C(C)C)cc1OC. The summed E-state index contributed by atoms with van der Waals surface area (Å²) in [7, 11) is -4.01. The number of hydrogen-bond donors (Lipinski definition) is 7. The number of aliphatic imine (C=N–C) groups is 1. The zero-order chi connectivity index (χ0) is 54.3. The maximum Gasteiger partial charge on any atom is 0.229 e. The lowest BCUT2D eigenvalue weighted by molar-refractivity contribution is 0.415. The summed E-state index contributed by atoms with van der Waals surface area (Å²) in [6, 6.07) is 25.1. The molecule has 0 bridgehead atoms. The van der Waals surface area contributed by atoms with Crippen LogP contribution in [0.5, 0.6) is 11.5 Å². The minimum Gasteiger partial charge on any atom is -0.495 e. The number of nitrogens with zero attached hydrogens (tertiary/aromatic N) is 5. The van der Waals surface area contributed by atoms with Crippen molar-refractivity contribution in [3.05, 3.63) is 138 Å². The van der Waals surface area contributed by atoms with E-state index >= 15 is 0 Å². The average molecular weight is 1060 g/mol. The van der Waals surface area contributed by atoms with E-state index in [0.717, 1.165) is 27.8 Å². The molecule has 0 fully saturated rings. The molecule has 0 aliphatic carbocycles. The standard InChI is InChI=1S/C55H72N12O6S2/c1-10-43(63-44-16-11-13-18-50(44)74(68,69)35(2)3)38(7)33-61-53(57)65-47-31-40(22-24-56)41(32-49(47)73-9)28-37(6)29-42-34-62-55(67-52(42)64-45-17-12-14-19-51(45)75(70,71)36(4)5)66-46-30-39(20-21-48(46)72-8)23-27-60-54-58-25-15-26-59-54/h11-21,25-26,30-37,43,63H,10,22-24,27-29,56H2,1-9H3,(H3,57,61,65)(H,58,59,60)(H2,62,64,66,67)/b38-33-/t37-,43?/m0/s1. The molecule has 18 nitrogen and oxygen atoms in total. The molecular formula is C55H72N12O6S2. The van der Waals surface area contributed by atoms with Gasteiger partial charge < -0.3 is 47.5 Å². The van der Waals surface area contributed by atoms with Gasteiger partial charge in [-0.1, -0.05) is 44.2 Å². The summed E-state index contributed by atoms with van der Waals surface area (Å²) in [6.07, 6.45) is 9.85. The van der Waals surface area contributed by atoms with Crippen LogP contribution in [0.1, 0.15) is 77.1 Å². The van der Waals surface area contributed by atoms with Crippen molar-refractivity contribution in [1.82, 2.24) is 19.9 Å². The molecule has 0 saturated heterocycles. The molecule has 6 aromatic rings. The Morgan fingerprint density at radius 3 is 1.99 bits per heavy atom. The molecule has 400 valence electrons. The van der Waals surface area contributed by atoms with E-state index < -0.39 is 30.2 Å². The molecule has 2 atom stereocenters. The molecule has 4 aromatic carbocycles. The molecule has 0 aliphatic rings. The summed E-state index contributed by atoms with van der Waals surface area (Å²) < 4.78 is 65.2. The third kappa shape index (κ3) is 14.9. The molecule has 20 heteroatoms. The van der Waals surface area contributed by atoms with Crippen LogP contribution < -0.4 is 47.5 Å². The fraction of sp³-hybridized carbons (Fsp3) is 0.364. The number of methoxy groups -OCH3 is 2. The van der Waals surface area contributed by atoms with Crippen molar-refractivity contribution in [3.8, 4) is 11.5 Å². The third-order valence-electron chi connectivity index (χ3n) is 12.5. The number of ether oxygens (including phenoxy) is 2. The van der Waals surface area contributed by atoms with E-state index in [9.17, 15) is 16.8 Å². The van der Waals surface area contributed by atoms with E-state index in [4.69, 9.17) is 30.9 Å². The second-order valence-electron chi connectivity index (χ2n) is 18.8. The first-order chi connectivity index (χ1) is 35.9. The maximum absolute atomic E-state index is 13.6. The van der Waals surface area contributed by atoms with Crippen LogP contribution in [0.2, 0.25) is 0 Å². The topological polar surface area (TPSA) is 263 Å². The highest BCUT2D eigenvalue weighted by molar-refractivity contribution is 7.92. The molecule has 6 rings (SSSR count). The van der Waals surface area contributed by atoms with Gasteiger partial charge in [0.25, 0.3) is 0 Å². The van der Waals surface area contributed by atoms with Crippen molar-refractivity contribution in [1.29, 1.82) is 0 Å². The number of aromatic nitrogens is 4. The Bertz CT molecular complexity index is 3170. The quantitative estimate of drug-likeness (QED) is 0.0197. The molecule has 0 aliphatic heterocycles. The molecule has 2 aromatic heterocycles. The summed E-state index contributed by atoms with van der Waals surface area (Å²) in [6.45, 7) is 13.7. The van der Waals surface area contributed by atoms with Gasteiger partial charge >= 0.3 is 0 Å². The van der Waals surface area contributed by atoms with Crippen molar-refractivity contribution < 1.29 is 26.3 Å². The largest absolute Gasteiger partial charge is 0.495 e. The Labute approximate surface area is 442 Å². The highest BCUT2D eigenvalue weighted by atomic mass is 32.2. The van der Waals surface area contributed by atoms with Crippen molar-refractivity contribution in [2.45, 2.75) is 107 Å². The minimum atomic E-state index is -3.68. The molecule has 0 radical (unpaired) electrons. The van der Waals surface area contributed by atoms with Gasteiger partial charge in [0.2, 0.25) is 11.9 Å². The molecule has 0 spiro atoms. The van der Waals surface area contributed by atoms with E-state index in [1.54, 1.807) is 115 Å². The summed E-state index contributed by atoms with van der Waals surface area (Å²) in [5.74, 6) is 2.55. The average Bonchev–Trinajstić information content (AvgIpc) is 3.39. The molecule has 9 N–H and O–H groups in total. The van der Waals surface area contributed by atoms with E-state index in [2.05, 4.69) is 48.5 Å². The van der Waals surface area contributed by atoms with Gasteiger partial charge in [0, 0.05) is 42.9 Å². The van der Waals surface area contributed by atoms with E-state index in [1.807, 2.05) is 50.2 Å². The van der Waals surface area contributed by atoms with Crippen molar-refractivity contribution in [3.63, 3.8) is 0 Å². The van der Waals surface area contributed by atoms with Crippen LogP contribution in [0.3, 0.4) is 0 Å². The molecule has 1 unspecified atom stereocenters. The van der Waals surface area contributed by atoms with Gasteiger partial charge in [-0.25, -0.2) is 36.8 Å². The number of rotatable bonds is 26. The van der Waals surface area contributed by atoms with Crippen LogP contribution in [0.25, 0.3) is 0 Å². The number of hydrogen-bond acceptors (Lipinski definition) is 16. The number of anilines is 7. The highest BCUT2D eigenvalue weighted by Crippen LogP contribution is 2.35. The first kappa shape index (κ1) is 57.0. The zero-order valence-electron chi connectivity index (χ0n) is 44.3. The van der Waals surface area contributed by atoms with Crippen LogP contribution in [-0.4, -0.2) is 86.6 Å². The van der Waals surface area contributed by atoms with Gasteiger partial charge in [0.1, 0.15) is 17.3 Å². The van der Waals surface area contributed by atoms with Crippen LogP contribution in [-0.2, 0) is 45.4 Å². The van der Waals surface area contributed by atoms with Crippen molar-refractivity contribution in [2.24, 2.45) is 22.4 Å². The number of para-hydroxylation sites is 2. The maximum atomic E-state index is 13.6. The Morgan fingerprint density at radius 1 is 0.707 bits per heavy atom. The summed E-state index contributed by atoms with van der Waals surface area (Å²) >= 11 is 0. The van der Waals surface area contributed by atoms with Crippen LogP contribution in [0.4, 0.5) is 40.5 Å². The van der Waals surface area contributed by atoms with Crippen LogP contribution in [0.15, 0.2) is 130 Å². The van der Waals surface area contributed by atoms with Gasteiger partial charge in [-0.05, 0) is 156 Å². The smallest absolute Gasteiger partial charge is 0.229 e. The Kier molecular flexibility index (Phi) is 20.0. The first-order valence-corrected chi connectivity index (χ1v) is 28.1. The predicted molar refractivity (Wildman–Crippen MR) is 302 cm³/mol. The second kappa shape index (κ2) is 26.3. The van der Waals surface area contributed by atoms with E-state index in [1.165, 1.54) is 0 Å². The Morgan fingerprint density at radius 2 is 1.35 bits per heavy atom. The zero-order valence-corrected chi connectivity index (χ0v) is 45.9. The number of nitrogens with one attached hydrogen (secondary N) is 5. The summed E-state index contributed by atoms with van der Waals surface area (Å²) in [4.78, 5) is 23.2. The third-order valence-corrected chi connectivity index (χ3v) is 17.0. The summed E-state index contributed by atoms with van der Waals surface area (Å²) in [5.41, 5.74) is 19.5. The highest BCUT2D eigenvalue weighted by Gasteiger charge is 2.26. The van der Waals surface area contributed by atoms with Gasteiger partial charge in [-0.15, -0.1) is 0 Å². The van der Waals surface area contributed by atoms with Gasteiger partial charge in [0.05, 0.1) is 57.3 Å². The Balaban J connectivity index is 1.25. The van der Waals surface area contributed by atoms with Crippen LogP contribution >= 0.6 is 0 Å². The van der Waals surface area contributed by atoms with Gasteiger partial charge in [-0.3, -0.25) is 0 Å². The lowest BCUT2D eigenvalue weighted by Crippen LogP contribution is -2.24. The first-order valence-electron chi connectivity index (χ1n) is 25.0. The monoisotopic (exact) mass is 1060 g/mol. The Hall–Kier alpha value is -7.29. The van der Waals surface area contributed by atoms with Gasteiger partial charge in [0.15, 0.2) is 25.6 Å². The molecular weight excluding hydrogens is 989 g/mol. The van der Waals surface area contributed by atoms with Crippen LogP contribution in [0, 0.1) is 5.92 Å². The number of nitrogens with two attached hydrogens (primary N) is 2. The lowest BCUT2D eigenvalue weighted by Gasteiger charge is -2.22. The minimum absolute atomic E-state index is 0.0200. The van der Waals surface area contributed by atoms with E-state index in [0.29, 0.717) is 91.2 Å². The fourth-order valence-electron chi connectivity index (χ4n) is 8.34. The second-order valence-corrected chi connectivity index (χ2v) is 23.7. The van der Waals surface area contributed by atoms with Crippen molar-refractivity contribution >= 4 is 66.1 Å². The number of sulfone groups is 2. The fourth-order valence-corrected chi connectivity index (χ4v) is 10.8. The number of guanidine groups is 1. The predicted octanol–water partition coefficient (Wildman–Crippen LogP) is 9.23. The molecule has 2 heterocycles. The molecule has 0 saturated carbocycles. The van der Waals surface area contributed by atoms with Crippen molar-refractivity contribution in [2.75, 3.05) is 53.9 Å².